The number of nitrogens with one attached hydrogen (secondary N) is 1. The van der Waals surface area contributed by atoms with Crippen LogP contribution in [0.1, 0.15) is 5.56 Å². The molecule has 0 aromatic carbocycles. The molecule has 0 amide bonds. The predicted molar refractivity (Wildman–Crippen MR) is 39.2 cm³/mol. The lowest BCUT2D eigenvalue weighted by molar-refractivity contribution is -0.115. The number of hydrogen-bond donors (Lipinski definition) is 1. The van der Waals surface area contributed by atoms with Crippen molar-refractivity contribution in [2.24, 2.45) is 0 Å². The fraction of sp³-hybridized carbons (Fsp3) is 0.143. The number of aromatic nitrogens is 1. The van der Waals surface area contributed by atoms with Crippen LogP contribution in [-0.2, 0) is 11.2 Å². The number of rotatable bonds is 3. The van der Waals surface area contributed by atoms with Crippen LogP contribution >= 0.6 is 0 Å². The second kappa shape index (κ2) is 3.49. The highest BCUT2D eigenvalue weighted by Gasteiger charge is 2.03. The highest BCUT2D eigenvalue weighted by Crippen LogP contribution is 1.96. The third-order valence-electron chi connectivity index (χ3n) is 1.24. The molecule has 1 aromatic heterocycles. The van der Waals surface area contributed by atoms with E-state index in [-0.39, 0.29) is 12.2 Å². The molecule has 0 unspecified atom stereocenters. The Balaban J connectivity index is 2.57. The highest BCUT2D eigenvalue weighted by atomic mass is 16.1. The number of aromatic amines is 1. The average molecular weight is 149 g/mol. The van der Waals surface area contributed by atoms with E-state index in [4.69, 9.17) is 5.53 Å². The molecule has 1 rings (SSSR count). The van der Waals surface area contributed by atoms with Crippen molar-refractivity contribution in [3.8, 4) is 0 Å². The van der Waals surface area contributed by atoms with Gasteiger partial charge in [0.05, 0.1) is 0 Å². The van der Waals surface area contributed by atoms with E-state index in [9.17, 15) is 4.79 Å². The Labute approximate surface area is 63.5 Å². The van der Waals surface area contributed by atoms with Gasteiger partial charge in [-0.3, -0.25) is 4.79 Å². The third-order valence-corrected chi connectivity index (χ3v) is 1.24. The summed E-state index contributed by atoms with van der Waals surface area (Å²) >= 11 is 0. The molecule has 4 heteroatoms. The summed E-state index contributed by atoms with van der Waals surface area (Å²) in [5, 5.41) is 0. The van der Waals surface area contributed by atoms with E-state index >= 15 is 0 Å². The molecule has 0 radical (unpaired) electrons. The Morgan fingerprint density at radius 1 is 1.82 bits per heavy atom. The van der Waals surface area contributed by atoms with Gasteiger partial charge in [-0.25, -0.2) is 0 Å². The van der Waals surface area contributed by atoms with Crippen LogP contribution in [0.25, 0.3) is 5.53 Å². The topological polar surface area (TPSA) is 69.3 Å². The van der Waals surface area contributed by atoms with Crippen LogP contribution in [0.2, 0.25) is 0 Å². The quantitative estimate of drug-likeness (QED) is 0.378. The summed E-state index contributed by atoms with van der Waals surface area (Å²) in [4.78, 5) is 16.2. The molecule has 56 valence electrons. The number of hydrogen-bond acceptors (Lipinski definition) is 1. The van der Waals surface area contributed by atoms with E-state index in [2.05, 4.69) is 9.77 Å². The van der Waals surface area contributed by atoms with Crippen molar-refractivity contribution in [1.29, 1.82) is 0 Å². The largest absolute Gasteiger partial charge is 0.367 e. The van der Waals surface area contributed by atoms with Gasteiger partial charge in [0.25, 0.3) is 0 Å². The molecule has 0 saturated heterocycles. The second-order valence-corrected chi connectivity index (χ2v) is 2.11. The zero-order valence-corrected chi connectivity index (χ0v) is 5.82. The molecule has 0 aliphatic heterocycles. The Hall–Kier alpha value is -1.67. The average Bonchev–Trinajstić information content (AvgIpc) is 2.40. The Morgan fingerprint density at radius 3 is 3.18 bits per heavy atom. The molecule has 0 aliphatic rings. The van der Waals surface area contributed by atoms with Crippen molar-refractivity contribution < 1.29 is 9.58 Å². The summed E-state index contributed by atoms with van der Waals surface area (Å²) < 4.78 is 0. The molecule has 4 nitrogen and oxygen atoms in total. The number of ketones is 1. The standard InChI is InChI=1S/C7H7N3O/c8-10-5-7(11)3-6-1-2-9-4-6/h1-2,4-5,9H,3H2. The van der Waals surface area contributed by atoms with Gasteiger partial charge in [-0.15, -0.1) is 0 Å². The molecular weight excluding hydrogens is 142 g/mol. The minimum atomic E-state index is -0.216. The van der Waals surface area contributed by atoms with E-state index in [1.165, 1.54) is 0 Å². The lowest BCUT2D eigenvalue weighted by atomic mass is 10.2. The van der Waals surface area contributed by atoms with Gasteiger partial charge in [0, 0.05) is 18.8 Å². The molecule has 0 spiro atoms. The summed E-state index contributed by atoms with van der Waals surface area (Å²) in [6, 6.07) is 1.79. The van der Waals surface area contributed by atoms with Crippen LogP contribution in [0.15, 0.2) is 18.5 Å². The highest BCUT2D eigenvalue weighted by molar-refractivity contribution is 6.25. The minimum Gasteiger partial charge on any atom is -0.367 e. The first-order chi connectivity index (χ1) is 5.33. The number of carbonyl (C=O) groups is 1. The predicted octanol–water partition coefficient (Wildman–Crippen LogP) is 0.427. The van der Waals surface area contributed by atoms with Crippen molar-refractivity contribution >= 4 is 12.0 Å². The third kappa shape index (κ3) is 2.20. The van der Waals surface area contributed by atoms with Crippen molar-refractivity contribution in [3.63, 3.8) is 0 Å². The second-order valence-electron chi connectivity index (χ2n) is 2.11. The van der Waals surface area contributed by atoms with Gasteiger partial charge in [-0.1, -0.05) is 0 Å². The first kappa shape index (κ1) is 7.44. The molecule has 11 heavy (non-hydrogen) atoms. The van der Waals surface area contributed by atoms with Crippen LogP contribution in [0.5, 0.6) is 0 Å². The maximum Gasteiger partial charge on any atom is 0.323 e. The molecule has 0 saturated carbocycles. The smallest absolute Gasteiger partial charge is 0.323 e. The van der Waals surface area contributed by atoms with Crippen LogP contribution in [0, 0.1) is 0 Å². The van der Waals surface area contributed by atoms with Gasteiger partial charge in [0.2, 0.25) is 5.78 Å². The van der Waals surface area contributed by atoms with Gasteiger partial charge in [-0.2, -0.15) is 4.79 Å². The lowest BCUT2D eigenvalue weighted by Crippen LogP contribution is -2.03. The summed E-state index contributed by atoms with van der Waals surface area (Å²) in [5.74, 6) is -0.216. The minimum absolute atomic E-state index is 0.216. The molecular formula is C7H7N3O. The molecule has 1 heterocycles. The molecule has 0 bridgehead atoms. The summed E-state index contributed by atoms with van der Waals surface area (Å²) in [7, 11) is 0. The fourth-order valence-corrected chi connectivity index (χ4v) is 0.780. The van der Waals surface area contributed by atoms with Crippen molar-refractivity contribution in [1.82, 2.24) is 4.98 Å². The lowest BCUT2D eigenvalue weighted by Gasteiger charge is -1.84. The van der Waals surface area contributed by atoms with Gasteiger partial charge in [-0.05, 0) is 11.6 Å². The first-order valence-electron chi connectivity index (χ1n) is 3.15. The van der Waals surface area contributed by atoms with Gasteiger partial charge in [0.15, 0.2) is 0 Å². The number of H-pyrrole nitrogens is 1. The zero-order chi connectivity index (χ0) is 8.10. The molecule has 0 atom stereocenters. The summed E-state index contributed by atoms with van der Waals surface area (Å²) in [6.07, 6.45) is 4.63. The molecule has 1 N–H and O–H groups in total. The molecule has 1 aromatic rings. The normalized spacial score (nSPS) is 8.73. The van der Waals surface area contributed by atoms with Crippen LogP contribution in [0.4, 0.5) is 0 Å². The van der Waals surface area contributed by atoms with Gasteiger partial charge in [0.1, 0.15) is 0 Å². The van der Waals surface area contributed by atoms with Crippen LogP contribution in [-0.4, -0.2) is 21.8 Å². The Morgan fingerprint density at radius 2 is 2.64 bits per heavy atom. The zero-order valence-electron chi connectivity index (χ0n) is 5.82. The summed E-state index contributed by atoms with van der Waals surface area (Å²) in [6.45, 7) is 0. The SMILES string of the molecule is [N-]=[N+]=CC(=O)Cc1cc[nH]c1. The van der Waals surface area contributed by atoms with E-state index in [1.54, 1.807) is 18.5 Å². The van der Waals surface area contributed by atoms with E-state index in [1.807, 2.05) is 0 Å². The first-order valence-corrected chi connectivity index (χ1v) is 3.15. The maximum atomic E-state index is 10.8. The summed E-state index contributed by atoms with van der Waals surface area (Å²) in [5.41, 5.74) is 8.89. The van der Waals surface area contributed by atoms with Crippen molar-refractivity contribution in [3.05, 3.63) is 29.6 Å². The Bertz CT molecular complexity index is 283. The fourth-order valence-electron chi connectivity index (χ4n) is 0.780. The van der Waals surface area contributed by atoms with Crippen molar-refractivity contribution in [2.45, 2.75) is 6.42 Å². The van der Waals surface area contributed by atoms with E-state index in [0.29, 0.717) is 0 Å². The maximum absolute atomic E-state index is 10.8. The van der Waals surface area contributed by atoms with E-state index < -0.39 is 0 Å². The molecule has 0 aliphatic carbocycles. The molecule has 0 fully saturated rings. The Kier molecular flexibility index (Phi) is 2.36. The van der Waals surface area contributed by atoms with Crippen molar-refractivity contribution in [2.75, 3.05) is 0 Å². The number of Topliss-reactive ketones (excluding diaryl/α,β-unsaturated/α-hetero) is 1. The van der Waals surface area contributed by atoms with Crippen LogP contribution in [0.3, 0.4) is 0 Å². The van der Waals surface area contributed by atoms with Gasteiger partial charge < -0.3 is 10.5 Å². The van der Waals surface area contributed by atoms with Gasteiger partial charge >= 0.3 is 6.21 Å². The number of carbonyl (C=O) groups excluding carboxylic acids is 1. The van der Waals surface area contributed by atoms with Crippen LogP contribution < -0.4 is 0 Å². The van der Waals surface area contributed by atoms with E-state index in [0.717, 1.165) is 11.8 Å². The monoisotopic (exact) mass is 149 g/mol. The number of nitrogens with zero attached hydrogens (tertiary/aromatic N) is 2.